The summed E-state index contributed by atoms with van der Waals surface area (Å²) in [6.45, 7) is 6.05. The molecule has 1 fully saturated rings. The number of carbonyl (C=O) groups is 1. The number of halogens is 1. The molecule has 1 rings (SSSR count). The van der Waals surface area contributed by atoms with E-state index in [4.69, 9.17) is 10.5 Å². The Balaban J connectivity index is 0.00000324. The third-order valence-corrected chi connectivity index (χ3v) is 4.26. The van der Waals surface area contributed by atoms with Crippen LogP contribution in [0.15, 0.2) is 0 Å². The third-order valence-electron chi connectivity index (χ3n) is 2.35. The second kappa shape index (κ2) is 6.74. The van der Waals surface area contributed by atoms with Crippen molar-refractivity contribution in [2.75, 3.05) is 26.2 Å². The van der Waals surface area contributed by atoms with E-state index in [-0.39, 0.29) is 32.0 Å². The maximum atomic E-state index is 12.1. The van der Waals surface area contributed by atoms with Gasteiger partial charge in [-0.3, -0.25) is 0 Å². The SMILES string of the molecule is CC(C)(C)OC(=O)N1CCCN(CCN)S1(=O)=O.Cl. The number of carbonyl (C=O) groups excluding carboxylic acids is 1. The van der Waals surface area contributed by atoms with Crippen molar-refractivity contribution in [3.63, 3.8) is 0 Å². The second-order valence-electron chi connectivity index (χ2n) is 5.10. The largest absolute Gasteiger partial charge is 0.443 e. The lowest BCUT2D eigenvalue weighted by Crippen LogP contribution is -2.54. The molecule has 2 N–H and O–H groups in total. The van der Waals surface area contributed by atoms with E-state index in [9.17, 15) is 13.2 Å². The first-order chi connectivity index (χ1) is 8.18. The fraction of sp³-hybridized carbons (Fsp3) is 0.900. The van der Waals surface area contributed by atoms with Gasteiger partial charge in [0.15, 0.2) is 0 Å². The smallest absolute Gasteiger partial charge is 0.425 e. The minimum atomic E-state index is -3.79. The first kappa shape index (κ1) is 18.4. The Labute approximate surface area is 120 Å². The van der Waals surface area contributed by atoms with Crippen LogP contribution in [0.1, 0.15) is 27.2 Å². The molecule has 114 valence electrons. The molecular formula is C10H22ClN3O4S. The first-order valence-electron chi connectivity index (χ1n) is 5.89. The Bertz CT molecular complexity index is 405. The number of hydrogen-bond acceptors (Lipinski definition) is 5. The van der Waals surface area contributed by atoms with Gasteiger partial charge in [-0.05, 0) is 27.2 Å². The lowest BCUT2D eigenvalue weighted by Gasteiger charge is -2.35. The van der Waals surface area contributed by atoms with Crippen molar-refractivity contribution >= 4 is 28.7 Å². The van der Waals surface area contributed by atoms with Crippen LogP contribution in [0.25, 0.3) is 0 Å². The molecule has 19 heavy (non-hydrogen) atoms. The Kier molecular flexibility index (Phi) is 6.53. The maximum Gasteiger partial charge on any atom is 0.425 e. The summed E-state index contributed by atoms with van der Waals surface area (Å²) in [7, 11) is -3.79. The van der Waals surface area contributed by atoms with Gasteiger partial charge in [-0.2, -0.15) is 17.0 Å². The van der Waals surface area contributed by atoms with Gasteiger partial charge in [-0.15, -0.1) is 12.4 Å². The highest BCUT2D eigenvalue weighted by Gasteiger charge is 2.38. The van der Waals surface area contributed by atoms with E-state index in [0.29, 0.717) is 13.0 Å². The molecule has 1 aliphatic heterocycles. The molecule has 9 heteroatoms. The van der Waals surface area contributed by atoms with Crippen LogP contribution in [0.3, 0.4) is 0 Å². The molecule has 0 spiro atoms. The van der Waals surface area contributed by atoms with Crippen LogP contribution in [0.5, 0.6) is 0 Å². The minimum Gasteiger partial charge on any atom is -0.443 e. The zero-order valence-corrected chi connectivity index (χ0v) is 13.1. The van der Waals surface area contributed by atoms with Gasteiger partial charge in [0.05, 0.1) is 0 Å². The number of nitrogens with two attached hydrogens (primary N) is 1. The molecule has 1 heterocycles. The van der Waals surface area contributed by atoms with E-state index in [0.717, 1.165) is 4.31 Å². The van der Waals surface area contributed by atoms with Crippen molar-refractivity contribution < 1.29 is 17.9 Å². The topological polar surface area (TPSA) is 92.9 Å². The first-order valence-corrected chi connectivity index (χ1v) is 7.29. The Morgan fingerprint density at radius 2 is 1.89 bits per heavy atom. The molecule has 1 aliphatic rings. The van der Waals surface area contributed by atoms with Crippen molar-refractivity contribution in [3.8, 4) is 0 Å². The summed E-state index contributed by atoms with van der Waals surface area (Å²) in [6, 6.07) is 0. The van der Waals surface area contributed by atoms with Gasteiger partial charge in [0.1, 0.15) is 5.60 Å². The predicted molar refractivity (Wildman–Crippen MR) is 74.4 cm³/mol. The van der Waals surface area contributed by atoms with E-state index < -0.39 is 21.9 Å². The molecule has 0 radical (unpaired) electrons. The quantitative estimate of drug-likeness (QED) is 0.803. The van der Waals surface area contributed by atoms with Gasteiger partial charge in [0, 0.05) is 26.2 Å². The Hall–Kier alpha value is -0.570. The van der Waals surface area contributed by atoms with Crippen LogP contribution in [0.2, 0.25) is 0 Å². The lowest BCUT2D eigenvalue weighted by atomic mass is 10.2. The molecule has 7 nitrogen and oxygen atoms in total. The highest BCUT2D eigenvalue weighted by Crippen LogP contribution is 2.19. The summed E-state index contributed by atoms with van der Waals surface area (Å²) in [5.74, 6) is 0. The van der Waals surface area contributed by atoms with Gasteiger partial charge in [-0.25, -0.2) is 4.79 Å². The Morgan fingerprint density at radius 3 is 2.37 bits per heavy atom. The molecule has 0 aromatic heterocycles. The predicted octanol–water partition coefficient (Wildman–Crippen LogP) is 0.554. The van der Waals surface area contributed by atoms with Crippen molar-refractivity contribution in [2.45, 2.75) is 32.8 Å². The number of amides is 1. The van der Waals surface area contributed by atoms with Gasteiger partial charge < -0.3 is 10.5 Å². The summed E-state index contributed by atoms with van der Waals surface area (Å²) in [6.07, 6.45) is -0.248. The lowest BCUT2D eigenvalue weighted by molar-refractivity contribution is 0.0364. The summed E-state index contributed by atoms with van der Waals surface area (Å²) in [5.41, 5.74) is 4.64. The molecule has 0 aromatic carbocycles. The average molecular weight is 316 g/mol. The fourth-order valence-electron chi connectivity index (χ4n) is 1.63. The van der Waals surface area contributed by atoms with Crippen molar-refractivity contribution in [3.05, 3.63) is 0 Å². The van der Waals surface area contributed by atoms with Crippen LogP contribution < -0.4 is 5.73 Å². The van der Waals surface area contributed by atoms with Crippen LogP contribution >= 0.6 is 12.4 Å². The molecule has 1 amide bonds. The highest BCUT2D eigenvalue weighted by atomic mass is 35.5. The molecule has 1 saturated heterocycles. The van der Waals surface area contributed by atoms with Crippen LogP contribution in [-0.4, -0.2) is 54.9 Å². The zero-order chi connectivity index (χ0) is 14.0. The molecule has 0 atom stereocenters. The van der Waals surface area contributed by atoms with E-state index in [1.165, 1.54) is 4.31 Å². The number of rotatable bonds is 2. The summed E-state index contributed by atoms with van der Waals surface area (Å²) in [5, 5.41) is 0. The Morgan fingerprint density at radius 1 is 1.32 bits per heavy atom. The fourth-order valence-corrected chi connectivity index (χ4v) is 3.19. The third kappa shape index (κ3) is 4.79. The highest BCUT2D eigenvalue weighted by molar-refractivity contribution is 7.87. The minimum absolute atomic E-state index is 0. The second-order valence-corrected chi connectivity index (χ2v) is 6.95. The van der Waals surface area contributed by atoms with E-state index in [1.807, 2.05) is 0 Å². The molecular weight excluding hydrogens is 294 g/mol. The van der Waals surface area contributed by atoms with Gasteiger partial charge in [-0.1, -0.05) is 0 Å². The van der Waals surface area contributed by atoms with Gasteiger partial charge in [0.25, 0.3) is 0 Å². The molecule has 0 saturated carbocycles. The van der Waals surface area contributed by atoms with E-state index >= 15 is 0 Å². The van der Waals surface area contributed by atoms with E-state index in [2.05, 4.69) is 0 Å². The summed E-state index contributed by atoms with van der Waals surface area (Å²) in [4.78, 5) is 11.8. The van der Waals surface area contributed by atoms with Gasteiger partial charge in [0.2, 0.25) is 0 Å². The average Bonchev–Trinajstić information content (AvgIpc) is 2.18. The van der Waals surface area contributed by atoms with Crippen LogP contribution in [-0.2, 0) is 14.9 Å². The van der Waals surface area contributed by atoms with Crippen LogP contribution in [0.4, 0.5) is 4.79 Å². The standard InChI is InChI=1S/C10H21N3O4S.ClH/c1-10(2,3)17-9(14)13-7-4-6-12(8-5-11)18(13,15)16;/h4-8,11H2,1-3H3;1H. The maximum absolute atomic E-state index is 12.1. The molecule has 0 aliphatic carbocycles. The van der Waals surface area contributed by atoms with Gasteiger partial charge >= 0.3 is 16.3 Å². The summed E-state index contributed by atoms with van der Waals surface area (Å²) >= 11 is 0. The normalized spacial score (nSPS) is 19.7. The monoisotopic (exact) mass is 315 g/mol. The van der Waals surface area contributed by atoms with Crippen molar-refractivity contribution in [1.29, 1.82) is 0 Å². The number of ether oxygens (including phenoxy) is 1. The van der Waals surface area contributed by atoms with Crippen molar-refractivity contribution in [2.24, 2.45) is 5.73 Å². The summed E-state index contributed by atoms with van der Waals surface area (Å²) < 4.78 is 31.3. The van der Waals surface area contributed by atoms with Crippen molar-refractivity contribution in [1.82, 2.24) is 8.61 Å². The molecule has 0 unspecified atom stereocenters. The van der Waals surface area contributed by atoms with E-state index in [1.54, 1.807) is 20.8 Å². The van der Waals surface area contributed by atoms with Crippen LogP contribution in [0, 0.1) is 0 Å². The molecule has 0 bridgehead atoms. The molecule has 0 aromatic rings. The number of hydrogen-bond donors (Lipinski definition) is 1. The number of nitrogens with zero attached hydrogens (tertiary/aromatic N) is 2. The zero-order valence-electron chi connectivity index (χ0n) is 11.5.